The van der Waals surface area contributed by atoms with E-state index in [1.54, 1.807) is 6.07 Å². The number of aryl methyl sites for hydroxylation is 1. The number of nitrogens with zero attached hydrogens (tertiary/aromatic N) is 2. The number of phenols is 1. The molecule has 2 rings (SSSR count). The van der Waals surface area contributed by atoms with Crippen LogP contribution in [0.1, 0.15) is 25.0 Å². The number of aromatic hydroxyl groups is 1. The molecule has 0 saturated carbocycles. The third-order valence-electron chi connectivity index (χ3n) is 3.77. The molecule has 3 nitrogen and oxygen atoms in total. The second-order valence-corrected chi connectivity index (χ2v) is 5.54. The zero-order chi connectivity index (χ0) is 13.1. The first-order chi connectivity index (χ1) is 8.56. The van der Waals surface area contributed by atoms with Crippen molar-refractivity contribution in [1.82, 2.24) is 9.80 Å². The summed E-state index contributed by atoms with van der Waals surface area (Å²) in [6.45, 7) is 11.9. The molecule has 1 aliphatic rings. The third-order valence-corrected chi connectivity index (χ3v) is 3.77. The lowest BCUT2D eigenvalue weighted by atomic mass is 10.1. The van der Waals surface area contributed by atoms with Gasteiger partial charge in [-0.3, -0.25) is 9.80 Å². The molecule has 0 amide bonds. The molecule has 0 unspecified atom stereocenters. The van der Waals surface area contributed by atoms with Gasteiger partial charge in [0, 0.05) is 44.3 Å². The maximum atomic E-state index is 9.87. The quantitative estimate of drug-likeness (QED) is 0.888. The molecule has 3 heteroatoms. The van der Waals surface area contributed by atoms with E-state index >= 15 is 0 Å². The zero-order valence-corrected chi connectivity index (χ0v) is 11.7. The number of benzene rings is 1. The topological polar surface area (TPSA) is 26.7 Å². The van der Waals surface area contributed by atoms with Crippen molar-refractivity contribution >= 4 is 0 Å². The molecule has 1 aromatic carbocycles. The number of hydrogen-bond donors (Lipinski definition) is 1. The van der Waals surface area contributed by atoms with Gasteiger partial charge in [0.1, 0.15) is 5.75 Å². The van der Waals surface area contributed by atoms with Crippen LogP contribution < -0.4 is 0 Å². The Balaban J connectivity index is 1.93. The Morgan fingerprint density at radius 2 is 1.83 bits per heavy atom. The maximum Gasteiger partial charge on any atom is 0.120 e. The standard InChI is InChI=1S/C15H24N2O/c1-12(2)17-8-6-16(7-9-17)11-14-10-13(3)4-5-15(14)18/h4-5,10,12,18H,6-9,11H2,1-3H3. The van der Waals surface area contributed by atoms with Gasteiger partial charge in [0.05, 0.1) is 0 Å². The Labute approximate surface area is 110 Å². The van der Waals surface area contributed by atoms with Crippen molar-refractivity contribution in [1.29, 1.82) is 0 Å². The number of piperazine rings is 1. The van der Waals surface area contributed by atoms with Crippen LogP contribution in [0.4, 0.5) is 0 Å². The van der Waals surface area contributed by atoms with Crippen LogP contribution in [0.25, 0.3) is 0 Å². The van der Waals surface area contributed by atoms with Gasteiger partial charge in [-0.05, 0) is 26.8 Å². The average molecular weight is 248 g/mol. The van der Waals surface area contributed by atoms with Gasteiger partial charge in [-0.25, -0.2) is 0 Å². The van der Waals surface area contributed by atoms with E-state index in [1.165, 1.54) is 5.56 Å². The molecule has 1 saturated heterocycles. The van der Waals surface area contributed by atoms with Crippen molar-refractivity contribution in [3.8, 4) is 5.75 Å². The molecule has 18 heavy (non-hydrogen) atoms. The summed E-state index contributed by atoms with van der Waals surface area (Å²) in [5.41, 5.74) is 2.26. The summed E-state index contributed by atoms with van der Waals surface area (Å²) in [6.07, 6.45) is 0. The van der Waals surface area contributed by atoms with Gasteiger partial charge in [-0.2, -0.15) is 0 Å². The molecule has 1 heterocycles. The molecule has 100 valence electrons. The smallest absolute Gasteiger partial charge is 0.120 e. The summed E-state index contributed by atoms with van der Waals surface area (Å²) in [7, 11) is 0. The normalized spacial score (nSPS) is 18.4. The predicted octanol–water partition coefficient (Wildman–Crippen LogP) is 2.23. The van der Waals surface area contributed by atoms with E-state index in [1.807, 2.05) is 6.07 Å². The molecule has 0 atom stereocenters. The van der Waals surface area contributed by atoms with Gasteiger partial charge in [-0.1, -0.05) is 17.7 Å². The van der Waals surface area contributed by atoms with Crippen LogP contribution in [-0.4, -0.2) is 47.1 Å². The first-order valence-electron chi connectivity index (χ1n) is 6.81. The number of hydrogen-bond acceptors (Lipinski definition) is 3. The van der Waals surface area contributed by atoms with Crippen LogP contribution in [0.2, 0.25) is 0 Å². The minimum absolute atomic E-state index is 0.423. The highest BCUT2D eigenvalue weighted by atomic mass is 16.3. The molecular formula is C15H24N2O. The Morgan fingerprint density at radius 1 is 1.17 bits per heavy atom. The van der Waals surface area contributed by atoms with Crippen LogP contribution in [0.15, 0.2) is 18.2 Å². The maximum absolute atomic E-state index is 9.87. The summed E-state index contributed by atoms with van der Waals surface area (Å²) in [5.74, 6) is 0.423. The Hall–Kier alpha value is -1.06. The third kappa shape index (κ3) is 3.24. The van der Waals surface area contributed by atoms with Gasteiger partial charge in [-0.15, -0.1) is 0 Å². The Kier molecular flexibility index (Phi) is 4.25. The SMILES string of the molecule is Cc1ccc(O)c(CN2CCN(C(C)C)CC2)c1. The lowest BCUT2D eigenvalue weighted by Gasteiger charge is -2.37. The molecular weight excluding hydrogens is 224 g/mol. The first kappa shape index (κ1) is 13.4. The van der Waals surface area contributed by atoms with Crippen LogP contribution in [-0.2, 0) is 6.54 Å². The summed E-state index contributed by atoms with van der Waals surface area (Å²) in [6, 6.07) is 6.48. The molecule has 1 aliphatic heterocycles. The van der Waals surface area contributed by atoms with Crippen LogP contribution in [0, 0.1) is 6.92 Å². The van der Waals surface area contributed by atoms with Crippen LogP contribution in [0.5, 0.6) is 5.75 Å². The fraction of sp³-hybridized carbons (Fsp3) is 0.600. The van der Waals surface area contributed by atoms with E-state index in [0.29, 0.717) is 11.8 Å². The summed E-state index contributed by atoms with van der Waals surface area (Å²) in [4.78, 5) is 4.93. The van der Waals surface area contributed by atoms with Crippen molar-refractivity contribution in [2.24, 2.45) is 0 Å². The van der Waals surface area contributed by atoms with Crippen LogP contribution in [0.3, 0.4) is 0 Å². The molecule has 1 aromatic rings. The van der Waals surface area contributed by atoms with Gasteiger partial charge < -0.3 is 5.11 Å². The van der Waals surface area contributed by atoms with E-state index in [0.717, 1.165) is 38.3 Å². The largest absolute Gasteiger partial charge is 0.508 e. The molecule has 0 bridgehead atoms. The highest BCUT2D eigenvalue weighted by molar-refractivity contribution is 5.35. The van der Waals surface area contributed by atoms with Crippen molar-refractivity contribution in [3.63, 3.8) is 0 Å². The molecule has 0 spiro atoms. The van der Waals surface area contributed by atoms with E-state index in [-0.39, 0.29) is 0 Å². The van der Waals surface area contributed by atoms with E-state index < -0.39 is 0 Å². The second-order valence-electron chi connectivity index (χ2n) is 5.54. The summed E-state index contributed by atoms with van der Waals surface area (Å²) in [5, 5.41) is 9.87. The number of phenolic OH excluding ortho intramolecular Hbond substituents is 1. The van der Waals surface area contributed by atoms with Crippen molar-refractivity contribution in [3.05, 3.63) is 29.3 Å². The highest BCUT2D eigenvalue weighted by Crippen LogP contribution is 2.20. The van der Waals surface area contributed by atoms with Crippen molar-refractivity contribution in [2.45, 2.75) is 33.4 Å². The van der Waals surface area contributed by atoms with Gasteiger partial charge >= 0.3 is 0 Å². The Bertz CT molecular complexity index is 395. The second kappa shape index (κ2) is 5.72. The van der Waals surface area contributed by atoms with Crippen molar-refractivity contribution < 1.29 is 5.11 Å². The van der Waals surface area contributed by atoms with Crippen LogP contribution >= 0.6 is 0 Å². The minimum Gasteiger partial charge on any atom is -0.508 e. The average Bonchev–Trinajstić information content (AvgIpc) is 2.34. The van der Waals surface area contributed by atoms with E-state index in [2.05, 4.69) is 36.6 Å². The fourth-order valence-corrected chi connectivity index (χ4v) is 2.52. The predicted molar refractivity (Wildman–Crippen MR) is 74.8 cm³/mol. The lowest BCUT2D eigenvalue weighted by molar-refractivity contribution is 0.103. The van der Waals surface area contributed by atoms with E-state index in [4.69, 9.17) is 0 Å². The minimum atomic E-state index is 0.423. The zero-order valence-electron chi connectivity index (χ0n) is 11.7. The molecule has 0 aromatic heterocycles. The first-order valence-corrected chi connectivity index (χ1v) is 6.81. The van der Waals surface area contributed by atoms with Crippen molar-refractivity contribution in [2.75, 3.05) is 26.2 Å². The van der Waals surface area contributed by atoms with Gasteiger partial charge in [0.15, 0.2) is 0 Å². The lowest BCUT2D eigenvalue weighted by Crippen LogP contribution is -2.48. The molecule has 1 fully saturated rings. The number of rotatable bonds is 3. The Morgan fingerprint density at radius 3 is 2.44 bits per heavy atom. The monoisotopic (exact) mass is 248 g/mol. The molecule has 0 aliphatic carbocycles. The summed E-state index contributed by atoms with van der Waals surface area (Å²) >= 11 is 0. The summed E-state index contributed by atoms with van der Waals surface area (Å²) < 4.78 is 0. The van der Waals surface area contributed by atoms with E-state index in [9.17, 15) is 5.11 Å². The molecule has 0 radical (unpaired) electrons. The highest BCUT2D eigenvalue weighted by Gasteiger charge is 2.19. The van der Waals surface area contributed by atoms with Gasteiger partial charge in [0.25, 0.3) is 0 Å². The fourth-order valence-electron chi connectivity index (χ4n) is 2.52. The van der Waals surface area contributed by atoms with Gasteiger partial charge in [0.2, 0.25) is 0 Å². The molecule has 1 N–H and O–H groups in total.